The molecule has 1 aromatic carbocycles. The third-order valence-corrected chi connectivity index (χ3v) is 3.19. The second-order valence-corrected chi connectivity index (χ2v) is 4.28. The molecule has 5 heteroatoms. The van der Waals surface area contributed by atoms with Crippen molar-refractivity contribution >= 4 is 11.8 Å². The van der Waals surface area contributed by atoms with Crippen molar-refractivity contribution in [3.63, 3.8) is 0 Å². The second kappa shape index (κ2) is 5.30. The van der Waals surface area contributed by atoms with E-state index in [4.69, 9.17) is 14.2 Å². The lowest BCUT2D eigenvalue weighted by Crippen LogP contribution is -2.34. The Hall–Kier alpha value is -2.04. The smallest absolute Gasteiger partial charge is 0.339 e. The van der Waals surface area contributed by atoms with Crippen molar-refractivity contribution in [3.05, 3.63) is 23.3 Å². The molecule has 0 saturated heterocycles. The lowest BCUT2D eigenvalue weighted by molar-refractivity contribution is -0.127. The predicted molar refractivity (Wildman–Crippen MR) is 67.8 cm³/mol. The maximum Gasteiger partial charge on any atom is 0.339 e. The third kappa shape index (κ3) is 2.41. The lowest BCUT2D eigenvalue weighted by atomic mass is 9.95. The first-order valence-corrected chi connectivity index (χ1v) is 6.09. The van der Waals surface area contributed by atoms with Crippen molar-refractivity contribution in [2.45, 2.75) is 25.9 Å². The Balaban J connectivity index is 2.41. The highest BCUT2D eigenvalue weighted by Gasteiger charge is 2.31. The van der Waals surface area contributed by atoms with Crippen molar-refractivity contribution in [1.82, 2.24) is 0 Å². The van der Waals surface area contributed by atoms with Crippen LogP contribution in [0, 0.1) is 0 Å². The number of esters is 1. The zero-order valence-electron chi connectivity index (χ0n) is 11.2. The van der Waals surface area contributed by atoms with Gasteiger partial charge in [0.2, 0.25) is 0 Å². The Kier molecular flexibility index (Phi) is 3.74. The molecule has 0 aromatic heterocycles. The number of hydrogen-bond donors (Lipinski definition) is 0. The second-order valence-electron chi connectivity index (χ2n) is 4.28. The molecule has 1 unspecified atom stereocenters. The van der Waals surface area contributed by atoms with Crippen LogP contribution >= 0.6 is 0 Å². The van der Waals surface area contributed by atoms with Crippen LogP contribution in [0.3, 0.4) is 0 Å². The molecule has 1 atom stereocenters. The van der Waals surface area contributed by atoms with Gasteiger partial charge in [-0.2, -0.15) is 0 Å². The summed E-state index contributed by atoms with van der Waals surface area (Å²) in [5.74, 6) is 0.444. The first-order valence-electron chi connectivity index (χ1n) is 6.09. The predicted octanol–water partition coefficient (Wildman–Crippen LogP) is 1.76. The van der Waals surface area contributed by atoms with Gasteiger partial charge in [0.15, 0.2) is 23.4 Å². The van der Waals surface area contributed by atoms with Crippen LogP contribution in [0.5, 0.6) is 11.5 Å². The molecular weight excluding hydrogens is 248 g/mol. The monoisotopic (exact) mass is 264 g/mol. The molecule has 1 heterocycles. The summed E-state index contributed by atoms with van der Waals surface area (Å²) in [5.41, 5.74) is 1.18. The molecule has 0 bridgehead atoms. The Morgan fingerprint density at radius 2 is 1.95 bits per heavy atom. The van der Waals surface area contributed by atoms with Crippen LogP contribution in [-0.4, -0.2) is 32.1 Å². The molecule has 0 spiro atoms. The normalized spacial score (nSPS) is 17.4. The van der Waals surface area contributed by atoms with Crippen LogP contribution in [0.4, 0.5) is 0 Å². The van der Waals surface area contributed by atoms with Crippen LogP contribution < -0.4 is 9.47 Å². The maximum absolute atomic E-state index is 11.9. The van der Waals surface area contributed by atoms with E-state index in [1.54, 1.807) is 19.1 Å². The quantitative estimate of drug-likeness (QED) is 0.775. The van der Waals surface area contributed by atoms with E-state index in [0.717, 1.165) is 5.56 Å². The van der Waals surface area contributed by atoms with Gasteiger partial charge < -0.3 is 14.2 Å². The maximum atomic E-state index is 11.9. The summed E-state index contributed by atoms with van der Waals surface area (Å²) in [6, 6.07) is 3.31. The number of cyclic esters (lactones) is 1. The molecule has 0 fully saturated rings. The first kappa shape index (κ1) is 13.4. The van der Waals surface area contributed by atoms with Gasteiger partial charge in [-0.1, -0.05) is 6.92 Å². The lowest BCUT2D eigenvalue weighted by Gasteiger charge is -2.24. The SMILES string of the molecule is CCC(=O)C1Cc2cc(OC)c(OC)cc2C(=O)O1. The summed E-state index contributed by atoms with van der Waals surface area (Å²) >= 11 is 0. The fraction of sp³-hybridized carbons (Fsp3) is 0.429. The first-order chi connectivity index (χ1) is 9.10. The minimum atomic E-state index is -0.692. The Labute approximate surface area is 111 Å². The molecule has 0 aliphatic carbocycles. The highest BCUT2D eigenvalue weighted by molar-refractivity contribution is 5.97. The molecule has 1 aliphatic rings. The highest BCUT2D eigenvalue weighted by Crippen LogP contribution is 2.34. The molecule has 102 valence electrons. The summed E-state index contributed by atoms with van der Waals surface area (Å²) in [6.07, 6.45) is 0.0393. The average molecular weight is 264 g/mol. The minimum Gasteiger partial charge on any atom is -0.493 e. The number of Topliss-reactive ketones (excluding diaryl/α,β-unsaturated/α-hetero) is 1. The summed E-state index contributed by atoms with van der Waals surface area (Å²) in [7, 11) is 3.03. The number of benzene rings is 1. The molecule has 1 aromatic rings. The number of carbonyl (C=O) groups is 2. The number of rotatable bonds is 4. The Morgan fingerprint density at radius 1 is 1.32 bits per heavy atom. The molecule has 0 amide bonds. The third-order valence-electron chi connectivity index (χ3n) is 3.19. The van der Waals surface area contributed by atoms with E-state index in [-0.39, 0.29) is 5.78 Å². The van der Waals surface area contributed by atoms with Gasteiger partial charge in [0.05, 0.1) is 19.8 Å². The van der Waals surface area contributed by atoms with E-state index in [1.807, 2.05) is 0 Å². The largest absolute Gasteiger partial charge is 0.493 e. The fourth-order valence-electron chi connectivity index (χ4n) is 2.12. The van der Waals surface area contributed by atoms with E-state index in [9.17, 15) is 9.59 Å². The van der Waals surface area contributed by atoms with Gasteiger partial charge >= 0.3 is 5.97 Å². The molecule has 0 radical (unpaired) electrons. The van der Waals surface area contributed by atoms with E-state index < -0.39 is 12.1 Å². The van der Waals surface area contributed by atoms with E-state index in [0.29, 0.717) is 29.9 Å². The number of hydrogen-bond acceptors (Lipinski definition) is 5. The van der Waals surface area contributed by atoms with E-state index in [1.165, 1.54) is 14.2 Å². The van der Waals surface area contributed by atoms with Crippen LogP contribution in [0.15, 0.2) is 12.1 Å². The minimum absolute atomic E-state index is 0.0752. The number of ether oxygens (including phenoxy) is 3. The molecule has 19 heavy (non-hydrogen) atoms. The topological polar surface area (TPSA) is 61.8 Å². The molecule has 0 N–H and O–H groups in total. The molecule has 0 saturated carbocycles. The van der Waals surface area contributed by atoms with Crippen molar-refractivity contribution in [1.29, 1.82) is 0 Å². The number of fused-ring (bicyclic) bond motifs is 1. The van der Waals surface area contributed by atoms with E-state index >= 15 is 0 Å². The van der Waals surface area contributed by atoms with Crippen LogP contribution in [-0.2, 0) is 16.0 Å². The van der Waals surface area contributed by atoms with Gasteiger partial charge in [-0.05, 0) is 17.7 Å². The summed E-state index contributed by atoms with van der Waals surface area (Å²) in [5, 5.41) is 0. The van der Waals surface area contributed by atoms with Crippen molar-refractivity contribution in [2.75, 3.05) is 14.2 Å². The standard InChI is InChI=1S/C14H16O5/c1-4-10(15)11-5-8-6-12(17-2)13(18-3)7-9(8)14(16)19-11/h6-7,11H,4-5H2,1-3H3. The van der Waals surface area contributed by atoms with Gasteiger partial charge in [0, 0.05) is 12.8 Å². The molecule has 5 nitrogen and oxygen atoms in total. The van der Waals surface area contributed by atoms with Gasteiger partial charge in [-0.25, -0.2) is 4.79 Å². The Bertz CT molecular complexity index is 521. The average Bonchev–Trinajstić information content (AvgIpc) is 2.44. The van der Waals surface area contributed by atoms with Crippen molar-refractivity contribution in [2.24, 2.45) is 0 Å². The molecular formula is C14H16O5. The van der Waals surface area contributed by atoms with E-state index in [2.05, 4.69) is 0 Å². The molecule has 2 rings (SSSR count). The summed E-state index contributed by atoms with van der Waals surface area (Å²) in [6.45, 7) is 1.75. The number of ketones is 1. The van der Waals surface area contributed by atoms with Gasteiger partial charge in [-0.3, -0.25) is 4.79 Å². The van der Waals surface area contributed by atoms with Crippen LogP contribution in [0.25, 0.3) is 0 Å². The summed E-state index contributed by atoms with van der Waals surface area (Å²) < 4.78 is 15.5. The van der Waals surface area contributed by atoms with Gasteiger partial charge in [0.25, 0.3) is 0 Å². The Morgan fingerprint density at radius 3 is 2.53 bits per heavy atom. The number of methoxy groups -OCH3 is 2. The molecule has 1 aliphatic heterocycles. The van der Waals surface area contributed by atoms with Crippen LogP contribution in [0.1, 0.15) is 29.3 Å². The van der Waals surface area contributed by atoms with Crippen molar-refractivity contribution in [3.8, 4) is 11.5 Å². The van der Waals surface area contributed by atoms with Gasteiger partial charge in [0.1, 0.15) is 0 Å². The van der Waals surface area contributed by atoms with Gasteiger partial charge in [-0.15, -0.1) is 0 Å². The zero-order valence-corrected chi connectivity index (χ0v) is 11.2. The van der Waals surface area contributed by atoms with Crippen LogP contribution in [0.2, 0.25) is 0 Å². The highest BCUT2D eigenvalue weighted by atomic mass is 16.5. The van der Waals surface area contributed by atoms with Crippen molar-refractivity contribution < 1.29 is 23.8 Å². The fourth-order valence-corrected chi connectivity index (χ4v) is 2.12. The zero-order chi connectivity index (χ0) is 14.0. The summed E-state index contributed by atoms with van der Waals surface area (Å²) in [4.78, 5) is 23.6. The number of carbonyl (C=O) groups excluding carboxylic acids is 2.